The Morgan fingerprint density at radius 3 is 2.43 bits per heavy atom. The number of halogens is 1. The van der Waals surface area contributed by atoms with E-state index in [-0.39, 0.29) is 11.5 Å². The van der Waals surface area contributed by atoms with E-state index in [0.717, 1.165) is 5.56 Å². The molecule has 4 nitrogen and oxygen atoms in total. The highest BCUT2D eigenvalue weighted by Gasteiger charge is 2.20. The highest BCUT2D eigenvalue weighted by molar-refractivity contribution is 9.10. The van der Waals surface area contributed by atoms with E-state index in [1.807, 2.05) is 30.3 Å². The third-order valence-electron chi connectivity index (χ3n) is 2.97. The second kappa shape index (κ2) is 7.17. The van der Waals surface area contributed by atoms with Gasteiger partial charge in [-0.3, -0.25) is 0 Å². The summed E-state index contributed by atoms with van der Waals surface area (Å²) in [6.45, 7) is -0.262. The Hall–Kier alpha value is -1.21. The van der Waals surface area contributed by atoms with E-state index in [1.165, 1.54) is 12.1 Å². The molecule has 2 N–H and O–H groups in total. The lowest BCUT2D eigenvalue weighted by molar-refractivity contribution is 0.256. The smallest absolute Gasteiger partial charge is 0.240 e. The van der Waals surface area contributed by atoms with E-state index in [2.05, 4.69) is 20.7 Å². The molecule has 0 saturated carbocycles. The molecule has 0 aromatic heterocycles. The molecule has 2 aromatic rings. The van der Waals surface area contributed by atoms with Crippen molar-refractivity contribution in [1.29, 1.82) is 0 Å². The van der Waals surface area contributed by atoms with Crippen LogP contribution >= 0.6 is 15.9 Å². The summed E-state index contributed by atoms with van der Waals surface area (Å²) in [6, 6.07) is 15.4. The van der Waals surface area contributed by atoms with E-state index in [4.69, 9.17) is 0 Å². The number of aliphatic hydroxyl groups excluding tert-OH is 1. The van der Waals surface area contributed by atoms with Gasteiger partial charge in [-0.1, -0.05) is 52.3 Å². The Kier molecular flexibility index (Phi) is 5.52. The van der Waals surface area contributed by atoms with Crippen molar-refractivity contribution in [2.24, 2.45) is 0 Å². The van der Waals surface area contributed by atoms with Crippen LogP contribution in [0.4, 0.5) is 0 Å². The molecule has 1 atom stereocenters. The molecule has 0 radical (unpaired) electrons. The first-order chi connectivity index (χ1) is 10.0. The van der Waals surface area contributed by atoms with Gasteiger partial charge >= 0.3 is 0 Å². The van der Waals surface area contributed by atoms with Gasteiger partial charge in [0, 0.05) is 10.5 Å². The van der Waals surface area contributed by atoms with Gasteiger partial charge in [0.05, 0.1) is 11.5 Å². The molecule has 21 heavy (non-hydrogen) atoms. The minimum absolute atomic E-state index is 0.170. The second-order valence-corrected chi connectivity index (χ2v) is 7.28. The maximum Gasteiger partial charge on any atom is 0.240 e. The summed E-state index contributed by atoms with van der Waals surface area (Å²) in [7, 11) is -3.65. The van der Waals surface area contributed by atoms with Crippen molar-refractivity contribution in [3.05, 3.63) is 64.6 Å². The van der Waals surface area contributed by atoms with Crippen LogP contribution in [0.25, 0.3) is 0 Å². The predicted molar refractivity (Wildman–Crippen MR) is 85.5 cm³/mol. The van der Waals surface area contributed by atoms with Gasteiger partial charge in [-0.15, -0.1) is 0 Å². The number of rotatable bonds is 6. The maximum absolute atomic E-state index is 12.3. The summed E-state index contributed by atoms with van der Waals surface area (Å²) in [5.41, 5.74) is 0.966. The summed E-state index contributed by atoms with van der Waals surface area (Å²) in [5, 5.41) is 9.42. The fourth-order valence-corrected chi connectivity index (χ4v) is 3.79. The number of nitrogens with one attached hydrogen (secondary N) is 1. The van der Waals surface area contributed by atoms with Gasteiger partial charge in [0.1, 0.15) is 0 Å². The lowest BCUT2D eigenvalue weighted by Crippen LogP contribution is -2.39. The summed E-state index contributed by atoms with van der Waals surface area (Å²) < 4.78 is 27.8. The number of sulfonamides is 1. The van der Waals surface area contributed by atoms with Crippen LogP contribution in [-0.4, -0.2) is 26.2 Å². The minimum atomic E-state index is -3.65. The van der Waals surface area contributed by atoms with Gasteiger partial charge in [0.25, 0.3) is 0 Å². The highest BCUT2D eigenvalue weighted by atomic mass is 79.9. The number of hydrogen-bond donors (Lipinski definition) is 2. The molecule has 2 rings (SSSR count). The molecule has 0 fully saturated rings. The molecule has 0 aliphatic rings. The third kappa shape index (κ3) is 4.64. The standard InChI is InChI=1S/C15H16BrNO3S/c16-13-7-4-8-15(10-13)21(19,20)17-14(11-18)9-12-5-2-1-3-6-12/h1-8,10,14,17-18H,9,11H2/t14-/m1/s1. The van der Waals surface area contributed by atoms with Gasteiger partial charge in [-0.25, -0.2) is 13.1 Å². The fraction of sp³-hybridized carbons (Fsp3) is 0.200. The molecule has 0 aliphatic carbocycles. The summed E-state index contributed by atoms with van der Waals surface area (Å²) in [4.78, 5) is 0.170. The zero-order chi connectivity index (χ0) is 15.3. The van der Waals surface area contributed by atoms with Crippen LogP contribution in [0.15, 0.2) is 64.0 Å². The predicted octanol–water partition coefficient (Wildman–Crippen LogP) is 2.33. The molecule has 2 aromatic carbocycles. The van der Waals surface area contributed by atoms with Crippen LogP contribution < -0.4 is 4.72 Å². The molecule has 0 spiro atoms. The molecule has 112 valence electrons. The quantitative estimate of drug-likeness (QED) is 0.820. The van der Waals surface area contributed by atoms with E-state index in [0.29, 0.717) is 10.9 Å². The SMILES string of the molecule is O=S(=O)(N[C@@H](CO)Cc1ccccc1)c1cccc(Br)c1. The van der Waals surface area contributed by atoms with Crippen LogP contribution in [0, 0.1) is 0 Å². The molecule has 0 aliphatic heterocycles. The Balaban J connectivity index is 2.14. The molecular weight excluding hydrogens is 354 g/mol. The van der Waals surface area contributed by atoms with Gasteiger partial charge in [0.2, 0.25) is 10.0 Å². The Morgan fingerprint density at radius 2 is 1.81 bits per heavy atom. The van der Waals surface area contributed by atoms with E-state index < -0.39 is 16.1 Å². The zero-order valence-electron chi connectivity index (χ0n) is 11.2. The van der Waals surface area contributed by atoms with Gasteiger partial charge in [-0.05, 0) is 30.2 Å². The van der Waals surface area contributed by atoms with Crippen molar-refractivity contribution >= 4 is 26.0 Å². The molecule has 0 saturated heterocycles. The molecular formula is C15H16BrNO3S. The molecule has 6 heteroatoms. The van der Waals surface area contributed by atoms with E-state index in [1.54, 1.807) is 12.1 Å². The summed E-state index contributed by atoms with van der Waals surface area (Å²) in [6.07, 6.45) is 0.435. The molecule has 0 amide bonds. The summed E-state index contributed by atoms with van der Waals surface area (Å²) >= 11 is 3.25. The van der Waals surface area contributed by atoms with Crippen molar-refractivity contribution in [3.63, 3.8) is 0 Å². The highest BCUT2D eigenvalue weighted by Crippen LogP contribution is 2.16. The lowest BCUT2D eigenvalue weighted by Gasteiger charge is -2.16. The minimum Gasteiger partial charge on any atom is -0.395 e. The van der Waals surface area contributed by atoms with Crippen LogP contribution in [-0.2, 0) is 16.4 Å². The van der Waals surface area contributed by atoms with Gasteiger partial charge in [-0.2, -0.15) is 0 Å². The normalized spacial score (nSPS) is 13.0. The maximum atomic E-state index is 12.3. The van der Waals surface area contributed by atoms with Crippen LogP contribution in [0.2, 0.25) is 0 Å². The average Bonchev–Trinajstić information content (AvgIpc) is 2.47. The van der Waals surface area contributed by atoms with Crippen molar-refractivity contribution < 1.29 is 13.5 Å². The molecule has 0 heterocycles. The summed E-state index contributed by atoms with van der Waals surface area (Å²) in [5.74, 6) is 0. The Labute approximate surface area is 133 Å². The van der Waals surface area contributed by atoms with Gasteiger partial charge < -0.3 is 5.11 Å². The molecule has 0 unspecified atom stereocenters. The first kappa shape index (κ1) is 16.2. The van der Waals surface area contributed by atoms with Crippen molar-refractivity contribution in [2.45, 2.75) is 17.4 Å². The van der Waals surface area contributed by atoms with Crippen LogP contribution in [0.5, 0.6) is 0 Å². The van der Waals surface area contributed by atoms with Crippen molar-refractivity contribution in [1.82, 2.24) is 4.72 Å². The number of aliphatic hydroxyl groups is 1. The van der Waals surface area contributed by atoms with Crippen LogP contribution in [0.3, 0.4) is 0 Å². The largest absolute Gasteiger partial charge is 0.395 e. The Morgan fingerprint density at radius 1 is 1.10 bits per heavy atom. The Bertz CT molecular complexity index is 689. The molecule has 0 bridgehead atoms. The first-order valence-corrected chi connectivity index (χ1v) is 8.71. The number of hydrogen-bond acceptors (Lipinski definition) is 3. The zero-order valence-corrected chi connectivity index (χ0v) is 13.6. The monoisotopic (exact) mass is 369 g/mol. The van der Waals surface area contributed by atoms with E-state index >= 15 is 0 Å². The third-order valence-corrected chi connectivity index (χ3v) is 4.98. The van der Waals surface area contributed by atoms with E-state index in [9.17, 15) is 13.5 Å². The van der Waals surface area contributed by atoms with Gasteiger partial charge in [0.15, 0.2) is 0 Å². The van der Waals surface area contributed by atoms with Crippen molar-refractivity contribution in [3.8, 4) is 0 Å². The lowest BCUT2D eigenvalue weighted by atomic mass is 10.1. The van der Waals surface area contributed by atoms with Crippen LogP contribution in [0.1, 0.15) is 5.56 Å². The first-order valence-electron chi connectivity index (χ1n) is 6.44. The van der Waals surface area contributed by atoms with Crippen molar-refractivity contribution in [2.75, 3.05) is 6.61 Å². The second-order valence-electron chi connectivity index (χ2n) is 4.65. The average molecular weight is 370 g/mol. The topological polar surface area (TPSA) is 66.4 Å². The number of benzene rings is 2. The fourth-order valence-electron chi connectivity index (χ4n) is 1.96.